The SMILES string of the molecule is C=C=C(CCCCCCCN(CCCCCCCCCC(CCC)CCCCCC)CCCNC1=C(CC)C(=C)C1=O)OC(CCCCCCCC)CCCCCCCC.C=C=CO. The predicted molar refractivity (Wildman–Crippen MR) is 282 cm³/mol. The van der Waals surface area contributed by atoms with E-state index in [2.05, 4.69) is 76.0 Å². The Morgan fingerprint density at radius 3 is 1.47 bits per heavy atom. The van der Waals surface area contributed by atoms with Gasteiger partial charge >= 0.3 is 0 Å². The van der Waals surface area contributed by atoms with Gasteiger partial charge in [0.15, 0.2) is 0 Å². The fraction of sp³-hybridized carbons (Fsp3) is 0.814. The summed E-state index contributed by atoms with van der Waals surface area (Å²) in [6, 6.07) is 0. The van der Waals surface area contributed by atoms with Crippen molar-refractivity contribution in [3.05, 3.63) is 60.1 Å². The van der Waals surface area contributed by atoms with E-state index in [0.29, 0.717) is 11.7 Å². The first-order chi connectivity index (χ1) is 31.4. The zero-order chi connectivity index (χ0) is 47.1. The Hall–Kier alpha value is -2.45. The average Bonchev–Trinajstić information content (AvgIpc) is 3.31. The van der Waals surface area contributed by atoms with E-state index in [1.165, 1.54) is 231 Å². The monoisotopic (exact) mass is 893 g/mol. The fourth-order valence-corrected chi connectivity index (χ4v) is 9.40. The summed E-state index contributed by atoms with van der Waals surface area (Å²) >= 11 is 0. The normalized spacial score (nSPS) is 12.8. The number of hydrogen-bond acceptors (Lipinski definition) is 5. The van der Waals surface area contributed by atoms with Gasteiger partial charge in [-0.1, -0.05) is 239 Å². The van der Waals surface area contributed by atoms with Crippen LogP contribution in [0.4, 0.5) is 0 Å². The van der Waals surface area contributed by atoms with E-state index in [1.54, 1.807) is 0 Å². The van der Waals surface area contributed by atoms with Crippen molar-refractivity contribution in [2.24, 2.45) is 5.92 Å². The molecule has 0 aliphatic heterocycles. The number of ketones is 1. The van der Waals surface area contributed by atoms with Crippen LogP contribution in [0.15, 0.2) is 60.1 Å². The summed E-state index contributed by atoms with van der Waals surface area (Å²) < 4.78 is 6.63. The summed E-state index contributed by atoms with van der Waals surface area (Å²) in [5, 5.41) is 11.0. The van der Waals surface area contributed by atoms with Gasteiger partial charge in [-0.2, -0.15) is 0 Å². The molecule has 0 saturated heterocycles. The maximum Gasteiger partial charge on any atom is 0.208 e. The molecule has 0 radical (unpaired) electrons. The molecule has 0 bridgehead atoms. The number of Topliss-reactive ketones (excluding diaryl/α,β-unsaturated/α-hetero) is 1. The molecule has 64 heavy (non-hydrogen) atoms. The van der Waals surface area contributed by atoms with Crippen molar-refractivity contribution < 1.29 is 14.6 Å². The lowest BCUT2D eigenvalue weighted by Crippen LogP contribution is -2.34. The van der Waals surface area contributed by atoms with E-state index in [1.807, 2.05) is 0 Å². The summed E-state index contributed by atoms with van der Waals surface area (Å²) in [5.41, 5.74) is 7.98. The number of rotatable bonds is 47. The standard InChI is InChI=1S/C56H104N2O2.C3H4O/c1-8-14-17-20-27-35-44-53(45-36-28-21-18-15-9-2)60-52(12-5)43-34-29-25-31-38-48-58(49-39-46-57-55-54(13-6)50(7)56(55)59)47-37-30-24-22-23-26-33-42-51(40-11-4)41-32-19-16-10-3;1-2-3-4/h51,53,57H,5,7-11,13-49H2,1-4,6H3;3-4H,1H2. The Morgan fingerprint density at radius 1 is 0.594 bits per heavy atom. The molecule has 0 spiro atoms. The minimum Gasteiger partial charge on any atom is -0.507 e. The number of allylic oxidation sites excluding steroid dienone is 3. The van der Waals surface area contributed by atoms with Crippen LogP contribution in [-0.2, 0) is 9.53 Å². The molecule has 5 nitrogen and oxygen atoms in total. The molecule has 1 aliphatic rings. The van der Waals surface area contributed by atoms with Gasteiger partial charge in [0.05, 0.1) is 11.8 Å². The summed E-state index contributed by atoms with van der Waals surface area (Å²) in [6.45, 7) is 26.8. The van der Waals surface area contributed by atoms with Crippen LogP contribution in [0.25, 0.3) is 0 Å². The highest BCUT2D eigenvalue weighted by Gasteiger charge is 2.29. The minimum atomic E-state index is 0.121. The summed E-state index contributed by atoms with van der Waals surface area (Å²) in [7, 11) is 0. The number of unbranched alkanes of at least 4 members (excludes halogenated alkanes) is 23. The van der Waals surface area contributed by atoms with E-state index in [4.69, 9.17) is 9.84 Å². The number of aliphatic hydroxyl groups excluding tert-OH is 1. The maximum absolute atomic E-state index is 12.3. The molecule has 0 aromatic heterocycles. The molecule has 0 aromatic rings. The van der Waals surface area contributed by atoms with Gasteiger partial charge in [0.2, 0.25) is 5.78 Å². The van der Waals surface area contributed by atoms with Gasteiger partial charge in [-0.05, 0) is 88.9 Å². The number of carbonyl (C=O) groups is 1. The number of carbonyl (C=O) groups excluding carboxylic acids is 1. The molecule has 2 N–H and O–H groups in total. The van der Waals surface area contributed by atoms with Crippen LogP contribution in [0, 0.1) is 5.92 Å². The largest absolute Gasteiger partial charge is 0.507 e. The van der Waals surface area contributed by atoms with Gasteiger partial charge in [0.25, 0.3) is 0 Å². The average molecular weight is 894 g/mol. The number of ether oxygens (including phenoxy) is 1. The molecule has 0 aromatic carbocycles. The third kappa shape index (κ3) is 34.8. The molecule has 0 saturated carbocycles. The number of hydrogen-bond donors (Lipinski definition) is 2. The topological polar surface area (TPSA) is 61.8 Å². The Labute approximate surface area is 399 Å². The maximum atomic E-state index is 12.3. The zero-order valence-electron chi connectivity index (χ0n) is 43.6. The van der Waals surface area contributed by atoms with E-state index >= 15 is 0 Å². The van der Waals surface area contributed by atoms with Crippen LogP contribution >= 0.6 is 0 Å². The summed E-state index contributed by atoms with van der Waals surface area (Å²) in [4.78, 5) is 15.0. The Kier molecular flexibility index (Phi) is 45.3. The summed E-state index contributed by atoms with van der Waals surface area (Å²) in [6.07, 6.45) is 49.9. The van der Waals surface area contributed by atoms with E-state index < -0.39 is 0 Å². The van der Waals surface area contributed by atoms with Gasteiger partial charge in [-0.3, -0.25) is 4.79 Å². The van der Waals surface area contributed by atoms with Crippen LogP contribution < -0.4 is 5.32 Å². The molecule has 0 fully saturated rings. The molecule has 1 rings (SSSR count). The Bertz CT molecular complexity index is 1210. The van der Waals surface area contributed by atoms with Crippen LogP contribution in [0.1, 0.15) is 272 Å². The lowest BCUT2D eigenvalue weighted by atomic mass is 9.85. The molecule has 1 aliphatic carbocycles. The highest BCUT2D eigenvalue weighted by molar-refractivity contribution is 6.19. The first kappa shape index (κ1) is 61.5. The van der Waals surface area contributed by atoms with Crippen LogP contribution in [0.3, 0.4) is 0 Å². The second-order valence-electron chi connectivity index (χ2n) is 19.2. The lowest BCUT2D eigenvalue weighted by Gasteiger charge is -2.26. The second-order valence-corrected chi connectivity index (χ2v) is 19.2. The predicted octanol–water partition coefficient (Wildman–Crippen LogP) is 18.3. The van der Waals surface area contributed by atoms with Crippen LogP contribution in [0.2, 0.25) is 0 Å². The molecule has 0 amide bonds. The fourth-order valence-electron chi connectivity index (χ4n) is 9.40. The molecular formula is C59H108N2O3. The number of nitrogens with zero attached hydrogens (tertiary/aromatic N) is 1. The third-order valence-corrected chi connectivity index (χ3v) is 13.5. The van der Waals surface area contributed by atoms with Crippen LogP contribution in [-0.4, -0.2) is 48.1 Å². The van der Waals surface area contributed by atoms with Crippen molar-refractivity contribution in [2.45, 2.75) is 278 Å². The second kappa shape index (κ2) is 47.1. The minimum absolute atomic E-state index is 0.121. The number of aliphatic hydroxyl groups is 1. The lowest BCUT2D eigenvalue weighted by molar-refractivity contribution is -0.113. The van der Waals surface area contributed by atoms with E-state index in [0.717, 1.165) is 61.6 Å². The van der Waals surface area contributed by atoms with Crippen molar-refractivity contribution in [1.82, 2.24) is 10.2 Å². The van der Waals surface area contributed by atoms with Gasteiger partial charge in [0, 0.05) is 18.5 Å². The van der Waals surface area contributed by atoms with Gasteiger partial charge in [0.1, 0.15) is 12.0 Å². The van der Waals surface area contributed by atoms with Crippen LogP contribution in [0.5, 0.6) is 0 Å². The zero-order valence-corrected chi connectivity index (χ0v) is 43.6. The molecule has 5 heteroatoms. The van der Waals surface area contributed by atoms with Crippen molar-refractivity contribution in [2.75, 3.05) is 26.2 Å². The van der Waals surface area contributed by atoms with E-state index in [9.17, 15) is 4.79 Å². The van der Waals surface area contributed by atoms with Gasteiger partial charge in [-0.25, -0.2) is 0 Å². The quantitative estimate of drug-likeness (QED) is 0.0276. The third-order valence-electron chi connectivity index (χ3n) is 13.5. The van der Waals surface area contributed by atoms with E-state index in [-0.39, 0.29) is 5.78 Å². The Balaban J connectivity index is 0.00000948. The molecular weight excluding hydrogens is 785 g/mol. The Morgan fingerprint density at radius 2 is 1.02 bits per heavy atom. The molecule has 372 valence electrons. The van der Waals surface area contributed by atoms with Crippen molar-refractivity contribution in [3.8, 4) is 0 Å². The van der Waals surface area contributed by atoms with Gasteiger partial charge in [-0.15, -0.1) is 0 Å². The first-order valence-corrected chi connectivity index (χ1v) is 27.8. The first-order valence-electron chi connectivity index (χ1n) is 27.8. The summed E-state index contributed by atoms with van der Waals surface area (Å²) in [5.74, 6) is 2.11. The molecule has 0 heterocycles. The molecule has 1 atom stereocenters. The van der Waals surface area contributed by atoms with Crippen molar-refractivity contribution in [3.63, 3.8) is 0 Å². The smallest absolute Gasteiger partial charge is 0.208 e. The molecule has 1 unspecified atom stereocenters. The van der Waals surface area contributed by atoms with Gasteiger partial charge < -0.3 is 20.1 Å². The highest BCUT2D eigenvalue weighted by atomic mass is 16.5. The number of nitrogens with one attached hydrogen (secondary N) is 1. The van der Waals surface area contributed by atoms with Crippen molar-refractivity contribution in [1.29, 1.82) is 0 Å². The van der Waals surface area contributed by atoms with Crippen molar-refractivity contribution >= 4 is 5.78 Å². The highest BCUT2D eigenvalue weighted by Crippen LogP contribution is 2.29.